The Morgan fingerprint density at radius 1 is 1.14 bits per heavy atom. The summed E-state index contributed by atoms with van der Waals surface area (Å²) in [6.45, 7) is -2.21. The van der Waals surface area contributed by atoms with Gasteiger partial charge >= 0.3 is 12.1 Å². The van der Waals surface area contributed by atoms with E-state index in [-0.39, 0.29) is 0 Å². The predicted molar refractivity (Wildman–Crippen MR) is 60.9 cm³/mol. The summed E-state index contributed by atoms with van der Waals surface area (Å²) >= 11 is 0. The molecule has 3 N–H and O–H groups in total. The molecule has 0 unspecified atom stereocenters. The number of carbonyl (C=O) groups is 2. The molecule has 0 bridgehead atoms. The van der Waals surface area contributed by atoms with Crippen LogP contribution in [-0.4, -0.2) is 36.2 Å². The third-order valence-corrected chi connectivity index (χ3v) is 2.18. The van der Waals surface area contributed by atoms with E-state index in [0.29, 0.717) is 12.1 Å². The predicted octanol–water partition coefficient (Wildman–Crippen LogP) is 1.75. The quantitative estimate of drug-likeness (QED) is 0.724. The molecule has 0 saturated heterocycles. The van der Waals surface area contributed by atoms with Crippen LogP contribution in [0.1, 0.15) is 10.4 Å². The highest BCUT2D eigenvalue weighted by Gasteiger charge is 2.26. The first-order valence-electron chi connectivity index (χ1n) is 5.40. The SMILES string of the molecule is O=C(CNCC(F)(F)F)Nc1cc(F)c(F)cc1C(=O)O. The van der Waals surface area contributed by atoms with Gasteiger partial charge in [-0.2, -0.15) is 13.2 Å². The van der Waals surface area contributed by atoms with Gasteiger partial charge in [0, 0.05) is 6.07 Å². The molecule has 0 aliphatic rings. The molecule has 0 saturated carbocycles. The lowest BCUT2D eigenvalue weighted by molar-refractivity contribution is -0.126. The Bertz CT molecular complexity index is 560. The second-order valence-electron chi connectivity index (χ2n) is 3.88. The zero-order valence-corrected chi connectivity index (χ0v) is 10.2. The molecule has 0 spiro atoms. The van der Waals surface area contributed by atoms with E-state index in [9.17, 15) is 31.5 Å². The number of halogens is 5. The van der Waals surface area contributed by atoms with Crippen molar-refractivity contribution >= 4 is 17.6 Å². The number of rotatable bonds is 5. The minimum atomic E-state index is -4.52. The fourth-order valence-corrected chi connectivity index (χ4v) is 1.34. The molecule has 1 aromatic rings. The zero-order chi connectivity index (χ0) is 16.2. The van der Waals surface area contributed by atoms with Gasteiger partial charge in [0.1, 0.15) is 0 Å². The number of carboxylic acids is 1. The van der Waals surface area contributed by atoms with Crippen LogP contribution in [-0.2, 0) is 4.79 Å². The summed E-state index contributed by atoms with van der Waals surface area (Å²) in [5.74, 6) is -5.50. The maximum absolute atomic E-state index is 13.0. The van der Waals surface area contributed by atoms with E-state index >= 15 is 0 Å². The normalized spacial score (nSPS) is 11.3. The summed E-state index contributed by atoms with van der Waals surface area (Å²) < 4.78 is 61.4. The van der Waals surface area contributed by atoms with Crippen LogP contribution < -0.4 is 10.6 Å². The molecule has 0 atom stereocenters. The Labute approximate surface area is 114 Å². The highest BCUT2D eigenvalue weighted by atomic mass is 19.4. The Morgan fingerprint density at radius 2 is 1.71 bits per heavy atom. The minimum absolute atomic E-state index is 0.358. The van der Waals surface area contributed by atoms with Crippen molar-refractivity contribution in [2.24, 2.45) is 0 Å². The van der Waals surface area contributed by atoms with Crippen LogP contribution in [0.3, 0.4) is 0 Å². The van der Waals surface area contributed by atoms with Crippen LogP contribution in [0.5, 0.6) is 0 Å². The molecule has 21 heavy (non-hydrogen) atoms. The highest BCUT2D eigenvalue weighted by molar-refractivity contribution is 6.01. The second kappa shape index (κ2) is 6.48. The monoisotopic (exact) mass is 312 g/mol. The summed E-state index contributed by atoms with van der Waals surface area (Å²) in [6, 6.07) is 0.789. The third kappa shape index (κ3) is 5.34. The van der Waals surface area contributed by atoms with Gasteiger partial charge in [-0.05, 0) is 6.07 Å². The first-order valence-corrected chi connectivity index (χ1v) is 5.40. The molecule has 0 radical (unpaired) electrons. The van der Waals surface area contributed by atoms with Crippen LogP contribution in [0.25, 0.3) is 0 Å². The highest BCUT2D eigenvalue weighted by Crippen LogP contribution is 2.20. The van der Waals surface area contributed by atoms with Gasteiger partial charge in [-0.25, -0.2) is 13.6 Å². The molecular formula is C11H9F5N2O3. The van der Waals surface area contributed by atoms with Crippen LogP contribution in [0.15, 0.2) is 12.1 Å². The third-order valence-electron chi connectivity index (χ3n) is 2.18. The maximum atomic E-state index is 13.0. The van der Waals surface area contributed by atoms with Crippen molar-refractivity contribution in [1.29, 1.82) is 0 Å². The topological polar surface area (TPSA) is 78.4 Å². The maximum Gasteiger partial charge on any atom is 0.401 e. The molecule has 0 aliphatic carbocycles. The van der Waals surface area contributed by atoms with Gasteiger partial charge in [0.2, 0.25) is 5.91 Å². The molecule has 0 aromatic heterocycles. The smallest absolute Gasteiger partial charge is 0.401 e. The standard InChI is InChI=1S/C11H9F5N2O3/c12-6-1-5(10(20)21)8(2-7(6)13)18-9(19)3-17-4-11(14,15)16/h1-2,17H,3-4H2,(H,18,19)(H,20,21). The number of carboxylic acid groups (broad SMARTS) is 1. The minimum Gasteiger partial charge on any atom is -0.478 e. The molecular weight excluding hydrogens is 303 g/mol. The number of hydrogen-bond donors (Lipinski definition) is 3. The molecule has 1 amide bonds. The number of anilines is 1. The van der Waals surface area contributed by atoms with Crippen LogP contribution in [0.4, 0.5) is 27.6 Å². The molecule has 116 valence electrons. The zero-order valence-electron chi connectivity index (χ0n) is 10.2. The van der Waals surface area contributed by atoms with E-state index in [1.807, 2.05) is 5.32 Å². The molecule has 1 rings (SSSR count). The lowest BCUT2D eigenvalue weighted by Crippen LogP contribution is -2.35. The number of amides is 1. The lowest BCUT2D eigenvalue weighted by Gasteiger charge is -2.11. The first kappa shape index (κ1) is 16.8. The summed E-state index contributed by atoms with van der Waals surface area (Å²) in [6.07, 6.45) is -4.52. The van der Waals surface area contributed by atoms with Crippen molar-refractivity contribution < 1.29 is 36.6 Å². The Hall–Kier alpha value is -2.23. The number of nitrogens with one attached hydrogen (secondary N) is 2. The van der Waals surface area contributed by atoms with Crippen molar-refractivity contribution in [3.63, 3.8) is 0 Å². The van der Waals surface area contributed by atoms with E-state index in [2.05, 4.69) is 0 Å². The van der Waals surface area contributed by atoms with Crippen LogP contribution >= 0.6 is 0 Å². The van der Waals surface area contributed by atoms with Crippen molar-refractivity contribution in [3.05, 3.63) is 29.3 Å². The van der Waals surface area contributed by atoms with Crippen molar-refractivity contribution in [3.8, 4) is 0 Å². The molecule has 1 aromatic carbocycles. The van der Waals surface area contributed by atoms with E-state index < -0.39 is 54.0 Å². The fourth-order valence-electron chi connectivity index (χ4n) is 1.34. The van der Waals surface area contributed by atoms with Crippen molar-refractivity contribution in [2.45, 2.75) is 6.18 Å². The summed E-state index contributed by atoms with van der Waals surface area (Å²) in [4.78, 5) is 22.1. The van der Waals surface area contributed by atoms with Gasteiger partial charge < -0.3 is 15.7 Å². The van der Waals surface area contributed by atoms with Crippen LogP contribution in [0.2, 0.25) is 0 Å². The molecule has 10 heteroatoms. The van der Waals surface area contributed by atoms with Gasteiger partial charge in [-0.1, -0.05) is 0 Å². The van der Waals surface area contributed by atoms with E-state index in [0.717, 1.165) is 0 Å². The van der Waals surface area contributed by atoms with Gasteiger partial charge in [-0.15, -0.1) is 0 Å². The number of alkyl halides is 3. The summed E-state index contributed by atoms with van der Waals surface area (Å²) in [5, 5.41) is 12.4. The van der Waals surface area contributed by atoms with E-state index in [1.165, 1.54) is 0 Å². The molecule has 0 heterocycles. The number of aromatic carboxylic acids is 1. The number of benzene rings is 1. The largest absolute Gasteiger partial charge is 0.478 e. The Morgan fingerprint density at radius 3 is 2.24 bits per heavy atom. The van der Waals surface area contributed by atoms with Gasteiger partial charge in [0.05, 0.1) is 24.3 Å². The van der Waals surface area contributed by atoms with Gasteiger partial charge in [-0.3, -0.25) is 4.79 Å². The fraction of sp³-hybridized carbons (Fsp3) is 0.273. The average Bonchev–Trinajstić information content (AvgIpc) is 2.31. The van der Waals surface area contributed by atoms with Crippen molar-refractivity contribution in [2.75, 3.05) is 18.4 Å². The van der Waals surface area contributed by atoms with Crippen LogP contribution in [0, 0.1) is 11.6 Å². The van der Waals surface area contributed by atoms with Gasteiger partial charge in [0.15, 0.2) is 11.6 Å². The lowest BCUT2D eigenvalue weighted by atomic mass is 10.1. The van der Waals surface area contributed by atoms with E-state index in [1.54, 1.807) is 5.32 Å². The molecule has 0 fully saturated rings. The second-order valence-corrected chi connectivity index (χ2v) is 3.88. The first-order chi connectivity index (χ1) is 9.60. The summed E-state index contributed by atoms with van der Waals surface area (Å²) in [7, 11) is 0. The number of hydrogen-bond acceptors (Lipinski definition) is 3. The van der Waals surface area contributed by atoms with Gasteiger partial charge in [0.25, 0.3) is 0 Å². The average molecular weight is 312 g/mol. The molecule has 0 aliphatic heterocycles. The Balaban J connectivity index is 2.76. The van der Waals surface area contributed by atoms with Crippen molar-refractivity contribution in [1.82, 2.24) is 5.32 Å². The summed E-state index contributed by atoms with van der Waals surface area (Å²) in [5.41, 5.74) is -1.28. The van der Waals surface area contributed by atoms with E-state index in [4.69, 9.17) is 5.11 Å². The molecule has 5 nitrogen and oxygen atoms in total. The number of carbonyl (C=O) groups excluding carboxylic acids is 1. The Kier molecular flexibility index (Phi) is 5.19.